The van der Waals surface area contributed by atoms with Gasteiger partial charge >= 0.3 is 6.03 Å². The summed E-state index contributed by atoms with van der Waals surface area (Å²) in [4.78, 5) is 13.2. The molecule has 2 aliphatic rings. The van der Waals surface area contributed by atoms with E-state index in [9.17, 15) is 9.90 Å². The predicted octanol–water partition coefficient (Wildman–Crippen LogP) is 4.28. The summed E-state index contributed by atoms with van der Waals surface area (Å²) in [5.41, 5.74) is 4.85. The lowest BCUT2D eigenvalue weighted by molar-refractivity contribution is 0.176. The van der Waals surface area contributed by atoms with Crippen LogP contribution in [0, 0.1) is 5.92 Å². The summed E-state index contributed by atoms with van der Waals surface area (Å²) in [5.74, 6) is 2.14. The normalized spacial score (nSPS) is 20.3. The van der Waals surface area contributed by atoms with Gasteiger partial charge in [-0.15, -0.1) is 0 Å². The molecule has 5 rings (SSSR count). The maximum Gasteiger partial charge on any atom is 0.319 e. The van der Waals surface area contributed by atoms with E-state index in [1.54, 1.807) is 14.2 Å². The maximum atomic E-state index is 13.2. The molecule has 0 spiro atoms. The van der Waals surface area contributed by atoms with Crippen LogP contribution in [0.1, 0.15) is 28.3 Å². The van der Waals surface area contributed by atoms with Crippen LogP contribution in [0.2, 0.25) is 0 Å². The highest BCUT2D eigenvalue weighted by Gasteiger charge is 2.33. The van der Waals surface area contributed by atoms with Crippen molar-refractivity contribution in [3.63, 3.8) is 0 Å². The molecule has 3 aromatic carbocycles. The van der Waals surface area contributed by atoms with Crippen LogP contribution in [-0.4, -0.2) is 38.1 Å². The predicted molar refractivity (Wildman–Crippen MR) is 133 cm³/mol. The zero-order valence-electron chi connectivity index (χ0n) is 19.9. The van der Waals surface area contributed by atoms with Gasteiger partial charge in [-0.3, -0.25) is 0 Å². The van der Waals surface area contributed by atoms with Crippen molar-refractivity contribution in [2.75, 3.05) is 26.1 Å². The summed E-state index contributed by atoms with van der Waals surface area (Å²) >= 11 is 0. The average molecular weight is 475 g/mol. The van der Waals surface area contributed by atoms with Crippen LogP contribution in [0.4, 0.5) is 10.5 Å². The van der Waals surface area contributed by atoms with E-state index in [1.165, 1.54) is 0 Å². The molecule has 1 aliphatic carbocycles. The second-order valence-corrected chi connectivity index (χ2v) is 9.08. The fourth-order valence-electron chi connectivity index (χ4n) is 5.14. The minimum Gasteiger partial charge on any atom is -0.493 e. The summed E-state index contributed by atoms with van der Waals surface area (Å²) in [6.07, 6.45) is 1.46. The number of amides is 2. The highest BCUT2D eigenvalue weighted by Crippen LogP contribution is 2.38. The number of hydrogen-bond donors (Lipinski definition) is 3. The number of methoxy groups -OCH3 is 2. The number of hydrogen-bond acceptors (Lipinski definition) is 5. The van der Waals surface area contributed by atoms with Gasteiger partial charge in [-0.1, -0.05) is 36.4 Å². The number of para-hydroxylation sites is 1. The lowest BCUT2D eigenvalue weighted by Crippen LogP contribution is -2.41. The van der Waals surface area contributed by atoms with Gasteiger partial charge in [0.1, 0.15) is 5.75 Å². The molecule has 7 nitrogen and oxygen atoms in total. The van der Waals surface area contributed by atoms with Gasteiger partial charge < -0.3 is 30.0 Å². The number of nitrogens with one attached hydrogen (secondary N) is 2. The van der Waals surface area contributed by atoms with Gasteiger partial charge in [0, 0.05) is 23.6 Å². The summed E-state index contributed by atoms with van der Waals surface area (Å²) in [7, 11) is 3.24. The van der Waals surface area contributed by atoms with E-state index in [2.05, 4.69) is 10.6 Å². The number of carbonyl (C=O) groups is 1. The molecule has 7 heteroatoms. The van der Waals surface area contributed by atoms with Crippen molar-refractivity contribution < 1.29 is 24.1 Å². The quantitative estimate of drug-likeness (QED) is 0.496. The van der Waals surface area contributed by atoms with Crippen LogP contribution < -0.4 is 24.8 Å². The molecular formula is C28H30N2O5. The Morgan fingerprint density at radius 1 is 1.03 bits per heavy atom. The van der Waals surface area contributed by atoms with Crippen molar-refractivity contribution in [2.45, 2.75) is 31.4 Å². The molecule has 0 radical (unpaired) electrons. The van der Waals surface area contributed by atoms with Gasteiger partial charge in [-0.2, -0.15) is 0 Å². The van der Waals surface area contributed by atoms with Crippen LogP contribution in [0.15, 0.2) is 60.7 Å². The molecule has 0 aromatic heterocycles. The Balaban J connectivity index is 1.38. The fraction of sp³-hybridized carbons (Fsp3) is 0.321. The summed E-state index contributed by atoms with van der Waals surface area (Å²) in [6, 6.07) is 19.0. The molecule has 3 N–H and O–H groups in total. The first-order valence-corrected chi connectivity index (χ1v) is 11.8. The number of rotatable bonds is 6. The molecule has 182 valence electrons. The van der Waals surface area contributed by atoms with Crippen LogP contribution in [0.5, 0.6) is 17.2 Å². The van der Waals surface area contributed by atoms with E-state index in [0.29, 0.717) is 37.4 Å². The van der Waals surface area contributed by atoms with E-state index in [-0.39, 0.29) is 18.0 Å². The minimum absolute atomic E-state index is 0.0112. The van der Waals surface area contributed by atoms with Gasteiger partial charge in [0.2, 0.25) is 0 Å². The van der Waals surface area contributed by atoms with Crippen molar-refractivity contribution in [1.82, 2.24) is 5.32 Å². The van der Waals surface area contributed by atoms with Crippen LogP contribution in [0.25, 0.3) is 0 Å². The second-order valence-electron chi connectivity index (χ2n) is 9.08. The summed E-state index contributed by atoms with van der Waals surface area (Å²) in [6.45, 7) is 0.475. The number of aliphatic hydroxyl groups excluding tert-OH is 1. The number of anilines is 1. The Kier molecular flexibility index (Phi) is 6.51. The van der Waals surface area contributed by atoms with Gasteiger partial charge in [-0.05, 0) is 53.8 Å². The Morgan fingerprint density at radius 2 is 1.86 bits per heavy atom. The lowest BCUT2D eigenvalue weighted by Gasteiger charge is -2.34. The Morgan fingerprint density at radius 3 is 2.69 bits per heavy atom. The maximum absolute atomic E-state index is 13.2. The highest BCUT2D eigenvalue weighted by molar-refractivity contribution is 5.91. The number of fused-ring (bicyclic) bond motifs is 2. The third kappa shape index (κ3) is 4.77. The van der Waals surface area contributed by atoms with Crippen molar-refractivity contribution in [1.29, 1.82) is 0 Å². The van der Waals surface area contributed by atoms with Crippen molar-refractivity contribution in [2.24, 2.45) is 5.92 Å². The Labute approximate surface area is 205 Å². The zero-order chi connectivity index (χ0) is 24.4. The van der Waals surface area contributed by atoms with Crippen LogP contribution in [-0.2, 0) is 19.3 Å². The van der Waals surface area contributed by atoms with Crippen molar-refractivity contribution in [3.05, 3.63) is 82.9 Å². The van der Waals surface area contributed by atoms with Gasteiger partial charge in [0.25, 0.3) is 0 Å². The second kappa shape index (κ2) is 9.88. The SMILES string of the molecule is COc1ccc(CC2COc3ccccc3C2NC(=O)Nc2cccc3c2CC(O)C3)cc1OC. The first-order chi connectivity index (χ1) is 17.1. The number of carbonyl (C=O) groups excluding carboxylic acids is 1. The molecule has 2 amide bonds. The van der Waals surface area contributed by atoms with Crippen LogP contribution in [0.3, 0.4) is 0 Å². The van der Waals surface area contributed by atoms with E-state index in [0.717, 1.165) is 33.7 Å². The van der Waals surface area contributed by atoms with E-state index in [1.807, 2.05) is 60.7 Å². The molecule has 0 saturated heterocycles. The van der Waals surface area contributed by atoms with E-state index in [4.69, 9.17) is 14.2 Å². The molecule has 35 heavy (non-hydrogen) atoms. The van der Waals surface area contributed by atoms with E-state index >= 15 is 0 Å². The average Bonchev–Trinajstić information content (AvgIpc) is 3.26. The fourth-order valence-corrected chi connectivity index (χ4v) is 5.14. The smallest absolute Gasteiger partial charge is 0.319 e. The van der Waals surface area contributed by atoms with Crippen molar-refractivity contribution >= 4 is 11.7 Å². The lowest BCUT2D eigenvalue weighted by atomic mass is 9.86. The molecule has 0 fully saturated rings. The Hall–Kier alpha value is -3.71. The molecule has 3 unspecified atom stereocenters. The van der Waals surface area contributed by atoms with Gasteiger partial charge in [-0.25, -0.2) is 4.79 Å². The number of ether oxygens (including phenoxy) is 3. The molecule has 3 atom stereocenters. The molecule has 0 saturated carbocycles. The summed E-state index contributed by atoms with van der Waals surface area (Å²) < 4.78 is 16.9. The molecule has 1 aliphatic heterocycles. The monoisotopic (exact) mass is 474 g/mol. The third-order valence-electron chi connectivity index (χ3n) is 6.83. The highest BCUT2D eigenvalue weighted by atomic mass is 16.5. The molecular weight excluding hydrogens is 444 g/mol. The first-order valence-electron chi connectivity index (χ1n) is 11.8. The number of urea groups is 1. The molecule has 0 bridgehead atoms. The Bertz CT molecular complexity index is 1230. The largest absolute Gasteiger partial charge is 0.493 e. The third-order valence-corrected chi connectivity index (χ3v) is 6.83. The van der Waals surface area contributed by atoms with Crippen LogP contribution >= 0.6 is 0 Å². The number of aliphatic hydroxyl groups is 1. The first kappa shape index (κ1) is 23.1. The zero-order valence-corrected chi connectivity index (χ0v) is 19.9. The standard InChI is InChI=1S/C28H30N2O5/c1-33-25-11-10-17(13-26(25)34-2)12-19-16-35-24-9-4-3-7-21(24)27(19)30-28(32)29-23-8-5-6-18-14-20(31)15-22(18)23/h3-11,13,19-20,27,31H,12,14-16H2,1-2H3,(H2,29,30,32). The number of benzene rings is 3. The van der Waals surface area contributed by atoms with Gasteiger partial charge in [0.15, 0.2) is 11.5 Å². The topological polar surface area (TPSA) is 89.1 Å². The summed E-state index contributed by atoms with van der Waals surface area (Å²) in [5, 5.41) is 16.3. The van der Waals surface area contributed by atoms with Gasteiger partial charge in [0.05, 0.1) is 33.0 Å². The minimum atomic E-state index is -0.399. The van der Waals surface area contributed by atoms with Crippen molar-refractivity contribution in [3.8, 4) is 17.2 Å². The molecule has 1 heterocycles. The molecule has 3 aromatic rings. The van der Waals surface area contributed by atoms with E-state index < -0.39 is 6.10 Å².